The number of carbonyl (C=O) groups excluding carboxylic acids is 1. The van der Waals surface area contributed by atoms with E-state index in [-0.39, 0.29) is 24.2 Å². The number of benzene rings is 1. The Morgan fingerprint density at radius 1 is 1.09 bits per heavy atom. The van der Waals surface area contributed by atoms with Crippen molar-refractivity contribution >= 4 is 11.6 Å². The minimum atomic E-state index is -0.568. The van der Waals surface area contributed by atoms with E-state index in [2.05, 4.69) is 0 Å². The van der Waals surface area contributed by atoms with Crippen LogP contribution in [0, 0.1) is 0 Å². The number of ether oxygens (including phenoxy) is 3. The van der Waals surface area contributed by atoms with Crippen molar-refractivity contribution < 1.29 is 24.1 Å². The van der Waals surface area contributed by atoms with E-state index in [9.17, 15) is 9.90 Å². The molecule has 4 rings (SSSR count). The minimum Gasteiger partial charge on any atom is -0.485 e. The first-order valence-electron chi connectivity index (χ1n) is 8.21. The van der Waals surface area contributed by atoms with Crippen LogP contribution in [0.25, 0.3) is 0 Å². The molecule has 3 aliphatic heterocycles. The van der Waals surface area contributed by atoms with E-state index in [0.717, 1.165) is 30.8 Å². The third kappa shape index (κ3) is 2.82. The SMILES string of the molecule is O=C1CCCCN1c1ccc(O[C@@H]2CO[C@H]3[C@@H]2OC[C@@H]3O)cc1. The molecule has 1 aromatic rings. The lowest BCUT2D eigenvalue weighted by Crippen LogP contribution is -2.35. The summed E-state index contributed by atoms with van der Waals surface area (Å²) in [5, 5.41) is 9.75. The van der Waals surface area contributed by atoms with E-state index in [1.54, 1.807) is 0 Å². The molecule has 124 valence electrons. The van der Waals surface area contributed by atoms with Crippen LogP contribution in [0.5, 0.6) is 5.75 Å². The molecule has 3 saturated heterocycles. The second-order valence-electron chi connectivity index (χ2n) is 6.32. The van der Waals surface area contributed by atoms with Crippen LogP contribution in [0.1, 0.15) is 19.3 Å². The van der Waals surface area contributed by atoms with Crippen LogP contribution in [0.2, 0.25) is 0 Å². The highest BCUT2D eigenvalue weighted by molar-refractivity contribution is 5.93. The quantitative estimate of drug-likeness (QED) is 0.904. The summed E-state index contributed by atoms with van der Waals surface area (Å²) in [4.78, 5) is 13.8. The molecule has 6 nitrogen and oxygen atoms in total. The number of rotatable bonds is 3. The van der Waals surface area contributed by atoms with Crippen molar-refractivity contribution in [3.8, 4) is 5.75 Å². The maximum Gasteiger partial charge on any atom is 0.226 e. The van der Waals surface area contributed by atoms with Gasteiger partial charge in [-0.25, -0.2) is 0 Å². The number of hydrogen-bond acceptors (Lipinski definition) is 5. The zero-order valence-corrected chi connectivity index (χ0v) is 12.9. The fourth-order valence-electron chi connectivity index (χ4n) is 3.50. The Labute approximate surface area is 134 Å². The molecule has 0 aliphatic carbocycles. The van der Waals surface area contributed by atoms with Gasteiger partial charge in [0.1, 0.15) is 24.1 Å². The van der Waals surface area contributed by atoms with Crippen LogP contribution in [-0.4, -0.2) is 55.2 Å². The normalized spacial score (nSPS) is 33.8. The molecule has 3 heterocycles. The summed E-state index contributed by atoms with van der Waals surface area (Å²) in [6, 6.07) is 7.57. The number of carbonyl (C=O) groups is 1. The lowest BCUT2D eigenvalue weighted by atomic mass is 10.1. The standard InChI is InChI=1S/C17H21NO5/c19-13-9-21-17-14(10-22-16(13)17)23-12-6-4-11(5-7-12)18-8-2-1-3-15(18)20/h4-7,13-14,16-17,19H,1-3,8-10H2/t13-,14+,16+,17+/m0/s1. The summed E-state index contributed by atoms with van der Waals surface area (Å²) in [6.45, 7) is 1.49. The van der Waals surface area contributed by atoms with Crippen molar-refractivity contribution in [3.05, 3.63) is 24.3 Å². The average molecular weight is 319 g/mol. The third-order valence-electron chi connectivity index (χ3n) is 4.74. The summed E-state index contributed by atoms with van der Waals surface area (Å²) < 4.78 is 17.1. The smallest absolute Gasteiger partial charge is 0.226 e. The number of aliphatic hydroxyl groups excluding tert-OH is 1. The molecule has 1 aromatic carbocycles. The molecular weight excluding hydrogens is 298 g/mol. The number of amides is 1. The Morgan fingerprint density at radius 3 is 2.65 bits per heavy atom. The maximum absolute atomic E-state index is 12.0. The van der Waals surface area contributed by atoms with Crippen LogP contribution in [0.15, 0.2) is 24.3 Å². The molecule has 3 aliphatic rings. The molecule has 1 N–H and O–H groups in total. The summed E-state index contributed by atoms with van der Waals surface area (Å²) in [7, 11) is 0. The van der Waals surface area contributed by atoms with Crippen LogP contribution in [-0.2, 0) is 14.3 Å². The van der Waals surface area contributed by atoms with E-state index in [0.29, 0.717) is 19.6 Å². The summed E-state index contributed by atoms with van der Waals surface area (Å²) in [5.74, 6) is 0.905. The topological polar surface area (TPSA) is 68.2 Å². The first kappa shape index (κ1) is 14.9. The van der Waals surface area contributed by atoms with E-state index in [4.69, 9.17) is 14.2 Å². The highest BCUT2D eigenvalue weighted by Crippen LogP contribution is 2.31. The molecule has 0 bridgehead atoms. The van der Waals surface area contributed by atoms with Gasteiger partial charge < -0.3 is 24.2 Å². The number of hydrogen-bond donors (Lipinski definition) is 1. The number of fused-ring (bicyclic) bond motifs is 1. The Morgan fingerprint density at radius 2 is 1.87 bits per heavy atom. The first-order chi connectivity index (χ1) is 11.2. The van der Waals surface area contributed by atoms with Crippen LogP contribution < -0.4 is 9.64 Å². The number of nitrogens with zero attached hydrogens (tertiary/aromatic N) is 1. The molecule has 23 heavy (non-hydrogen) atoms. The van der Waals surface area contributed by atoms with E-state index in [1.165, 1.54) is 0 Å². The zero-order chi connectivity index (χ0) is 15.8. The van der Waals surface area contributed by atoms with Gasteiger partial charge in [0.05, 0.1) is 13.2 Å². The van der Waals surface area contributed by atoms with Gasteiger partial charge >= 0.3 is 0 Å². The average Bonchev–Trinajstić information content (AvgIpc) is 3.13. The minimum absolute atomic E-state index is 0.185. The van der Waals surface area contributed by atoms with Gasteiger partial charge in [-0.05, 0) is 37.1 Å². The molecular formula is C17H21NO5. The van der Waals surface area contributed by atoms with E-state index >= 15 is 0 Å². The molecule has 6 heteroatoms. The highest BCUT2D eigenvalue weighted by Gasteiger charge is 2.48. The van der Waals surface area contributed by atoms with E-state index in [1.807, 2.05) is 29.2 Å². The maximum atomic E-state index is 12.0. The van der Waals surface area contributed by atoms with Gasteiger partial charge in [-0.15, -0.1) is 0 Å². The monoisotopic (exact) mass is 319 g/mol. The molecule has 0 spiro atoms. The summed E-state index contributed by atoms with van der Waals surface area (Å²) >= 11 is 0. The Hall–Kier alpha value is -1.63. The number of aliphatic hydroxyl groups is 1. The van der Waals surface area contributed by atoms with Crippen molar-refractivity contribution in [2.45, 2.75) is 43.7 Å². The summed E-state index contributed by atoms with van der Waals surface area (Å²) in [5.41, 5.74) is 0.912. The fourth-order valence-corrected chi connectivity index (χ4v) is 3.50. The van der Waals surface area contributed by atoms with Crippen molar-refractivity contribution in [3.63, 3.8) is 0 Å². The largest absolute Gasteiger partial charge is 0.485 e. The number of anilines is 1. The molecule has 4 atom stereocenters. The predicted octanol–water partition coefficient (Wildman–Crippen LogP) is 1.11. The van der Waals surface area contributed by atoms with Crippen molar-refractivity contribution in [2.75, 3.05) is 24.7 Å². The molecule has 0 radical (unpaired) electrons. The Bertz CT molecular complexity index is 575. The van der Waals surface area contributed by atoms with Gasteiger partial charge in [-0.1, -0.05) is 0 Å². The molecule has 0 unspecified atom stereocenters. The van der Waals surface area contributed by atoms with Crippen molar-refractivity contribution in [1.29, 1.82) is 0 Å². The van der Waals surface area contributed by atoms with E-state index < -0.39 is 6.10 Å². The second kappa shape index (κ2) is 6.11. The third-order valence-corrected chi connectivity index (χ3v) is 4.74. The molecule has 3 fully saturated rings. The van der Waals surface area contributed by atoms with Crippen LogP contribution >= 0.6 is 0 Å². The van der Waals surface area contributed by atoms with Crippen LogP contribution in [0.3, 0.4) is 0 Å². The molecule has 0 aromatic heterocycles. The first-order valence-corrected chi connectivity index (χ1v) is 8.21. The fraction of sp³-hybridized carbons (Fsp3) is 0.588. The highest BCUT2D eigenvalue weighted by atomic mass is 16.6. The number of piperidine rings is 1. The Balaban J connectivity index is 1.42. The predicted molar refractivity (Wildman–Crippen MR) is 82.5 cm³/mol. The van der Waals surface area contributed by atoms with Gasteiger partial charge in [0, 0.05) is 18.7 Å². The second-order valence-corrected chi connectivity index (χ2v) is 6.32. The van der Waals surface area contributed by atoms with Gasteiger partial charge in [-0.2, -0.15) is 0 Å². The summed E-state index contributed by atoms with van der Waals surface area (Å²) in [6.07, 6.45) is 1.37. The molecule has 1 amide bonds. The molecule has 0 saturated carbocycles. The van der Waals surface area contributed by atoms with Crippen LogP contribution in [0.4, 0.5) is 5.69 Å². The lowest BCUT2D eigenvalue weighted by molar-refractivity contribution is -0.119. The van der Waals surface area contributed by atoms with Gasteiger partial charge in [0.25, 0.3) is 0 Å². The Kier molecular flexibility index (Phi) is 3.97. The van der Waals surface area contributed by atoms with Gasteiger partial charge in [0.15, 0.2) is 6.10 Å². The van der Waals surface area contributed by atoms with Gasteiger partial charge in [0.2, 0.25) is 5.91 Å². The zero-order valence-electron chi connectivity index (χ0n) is 12.9. The van der Waals surface area contributed by atoms with Gasteiger partial charge in [-0.3, -0.25) is 4.79 Å². The van der Waals surface area contributed by atoms with Crippen molar-refractivity contribution in [1.82, 2.24) is 0 Å². The van der Waals surface area contributed by atoms with Crippen molar-refractivity contribution in [2.24, 2.45) is 0 Å². The lowest BCUT2D eigenvalue weighted by Gasteiger charge is -2.27.